The van der Waals surface area contributed by atoms with E-state index in [1.165, 1.54) is 0 Å². The molecule has 1 aromatic carbocycles. The minimum atomic E-state index is -1.05. The number of carboxylic acids is 1. The third kappa shape index (κ3) is 4.14. The quantitative estimate of drug-likeness (QED) is 0.792. The molecule has 0 aromatic heterocycles. The predicted octanol–water partition coefficient (Wildman–Crippen LogP) is 0.747. The summed E-state index contributed by atoms with van der Waals surface area (Å²) in [6.07, 6.45) is 0.165. The fourth-order valence-electron chi connectivity index (χ4n) is 1.47. The number of hydrogen-bond acceptors (Lipinski definition) is 3. The van der Waals surface area contributed by atoms with Crippen molar-refractivity contribution >= 4 is 11.9 Å². The Hall–Kier alpha value is -2.04. The van der Waals surface area contributed by atoms with Crippen molar-refractivity contribution in [1.82, 2.24) is 5.32 Å². The Balaban J connectivity index is 2.60. The lowest BCUT2D eigenvalue weighted by atomic mass is 10.1. The molecule has 17 heavy (non-hydrogen) atoms. The largest absolute Gasteiger partial charge is 0.496 e. The van der Waals surface area contributed by atoms with Crippen LogP contribution in [0, 0.1) is 6.92 Å². The molecule has 0 saturated carbocycles. The maximum Gasteiger partial charge on any atom is 0.322 e. The van der Waals surface area contributed by atoms with Crippen LogP contribution in [0.3, 0.4) is 0 Å². The van der Waals surface area contributed by atoms with Gasteiger partial charge in [0, 0.05) is 0 Å². The van der Waals surface area contributed by atoms with Gasteiger partial charge in [-0.05, 0) is 24.1 Å². The van der Waals surface area contributed by atoms with Crippen molar-refractivity contribution in [3.05, 3.63) is 29.3 Å². The zero-order valence-corrected chi connectivity index (χ0v) is 9.82. The highest BCUT2D eigenvalue weighted by Gasteiger charge is 2.06. The summed E-state index contributed by atoms with van der Waals surface area (Å²) in [7, 11) is 1.58. The van der Waals surface area contributed by atoms with Crippen molar-refractivity contribution < 1.29 is 19.4 Å². The van der Waals surface area contributed by atoms with E-state index in [1.54, 1.807) is 19.2 Å². The van der Waals surface area contributed by atoms with Crippen molar-refractivity contribution in [2.45, 2.75) is 13.3 Å². The van der Waals surface area contributed by atoms with Gasteiger partial charge in [0.2, 0.25) is 5.91 Å². The summed E-state index contributed by atoms with van der Waals surface area (Å²) in [6, 6.07) is 5.42. The van der Waals surface area contributed by atoms with Gasteiger partial charge in [-0.25, -0.2) is 0 Å². The minimum absolute atomic E-state index is 0.165. The van der Waals surface area contributed by atoms with E-state index in [9.17, 15) is 9.59 Å². The number of nitrogens with one attached hydrogen (secondary N) is 1. The van der Waals surface area contributed by atoms with E-state index in [0.29, 0.717) is 0 Å². The SMILES string of the molecule is COc1ccc(CC(=O)NCC(=O)O)cc1C. The fourth-order valence-corrected chi connectivity index (χ4v) is 1.47. The van der Waals surface area contributed by atoms with Gasteiger partial charge < -0.3 is 15.2 Å². The highest BCUT2D eigenvalue weighted by Crippen LogP contribution is 2.18. The van der Waals surface area contributed by atoms with Crippen LogP contribution >= 0.6 is 0 Å². The molecule has 0 aliphatic carbocycles. The highest BCUT2D eigenvalue weighted by atomic mass is 16.5. The molecule has 1 aromatic rings. The zero-order valence-electron chi connectivity index (χ0n) is 9.82. The molecular formula is C12H15NO4. The summed E-state index contributed by atoms with van der Waals surface area (Å²) in [5, 5.41) is 10.7. The number of rotatable bonds is 5. The van der Waals surface area contributed by atoms with Crippen LogP contribution in [0.5, 0.6) is 5.75 Å². The van der Waals surface area contributed by atoms with E-state index >= 15 is 0 Å². The first kappa shape index (κ1) is 13.0. The number of carbonyl (C=O) groups is 2. The van der Waals surface area contributed by atoms with Crippen molar-refractivity contribution in [3.63, 3.8) is 0 Å². The summed E-state index contributed by atoms with van der Waals surface area (Å²) in [4.78, 5) is 21.6. The summed E-state index contributed by atoms with van der Waals surface area (Å²) < 4.78 is 5.11. The number of ether oxygens (including phenoxy) is 1. The fraction of sp³-hybridized carbons (Fsp3) is 0.333. The molecule has 0 radical (unpaired) electrons. The van der Waals surface area contributed by atoms with Gasteiger partial charge in [-0.15, -0.1) is 0 Å². The molecule has 0 saturated heterocycles. The maximum absolute atomic E-state index is 11.4. The Morgan fingerprint density at radius 2 is 2.12 bits per heavy atom. The second-order valence-corrected chi connectivity index (χ2v) is 3.65. The smallest absolute Gasteiger partial charge is 0.322 e. The average molecular weight is 237 g/mol. The number of hydrogen-bond donors (Lipinski definition) is 2. The van der Waals surface area contributed by atoms with Gasteiger partial charge >= 0.3 is 5.97 Å². The molecule has 5 nitrogen and oxygen atoms in total. The lowest BCUT2D eigenvalue weighted by Crippen LogP contribution is -2.30. The summed E-state index contributed by atoms with van der Waals surface area (Å²) in [5.74, 6) is -0.596. The molecule has 0 unspecified atom stereocenters. The van der Waals surface area contributed by atoms with Gasteiger partial charge in [-0.1, -0.05) is 12.1 Å². The number of aryl methyl sites for hydroxylation is 1. The Morgan fingerprint density at radius 1 is 1.41 bits per heavy atom. The Kier molecular flexibility index (Phi) is 4.51. The minimum Gasteiger partial charge on any atom is -0.496 e. The van der Waals surface area contributed by atoms with Crippen LogP contribution in [0.25, 0.3) is 0 Å². The molecule has 0 bridgehead atoms. The normalized spacial score (nSPS) is 9.76. The first-order valence-electron chi connectivity index (χ1n) is 5.15. The molecule has 0 heterocycles. The van der Waals surface area contributed by atoms with E-state index in [1.807, 2.05) is 13.0 Å². The molecule has 5 heteroatoms. The topological polar surface area (TPSA) is 75.6 Å². The van der Waals surface area contributed by atoms with Crippen LogP contribution in [-0.4, -0.2) is 30.6 Å². The molecule has 92 valence electrons. The Labute approximate surface area is 99.4 Å². The Bertz CT molecular complexity index is 429. The van der Waals surface area contributed by atoms with Crippen LogP contribution in [0.15, 0.2) is 18.2 Å². The third-order valence-electron chi connectivity index (χ3n) is 2.26. The molecule has 0 spiro atoms. The third-order valence-corrected chi connectivity index (χ3v) is 2.26. The summed E-state index contributed by atoms with van der Waals surface area (Å²) in [5.41, 5.74) is 1.77. The van der Waals surface area contributed by atoms with Crippen LogP contribution in [0.4, 0.5) is 0 Å². The standard InChI is InChI=1S/C12H15NO4/c1-8-5-9(3-4-10(8)17-2)6-11(14)13-7-12(15)16/h3-5H,6-7H2,1-2H3,(H,13,14)(H,15,16). The maximum atomic E-state index is 11.4. The molecular weight excluding hydrogens is 222 g/mol. The van der Waals surface area contributed by atoms with Gasteiger partial charge in [-0.3, -0.25) is 9.59 Å². The van der Waals surface area contributed by atoms with E-state index in [2.05, 4.69) is 5.32 Å². The second-order valence-electron chi connectivity index (χ2n) is 3.65. The van der Waals surface area contributed by atoms with Gasteiger partial charge in [0.15, 0.2) is 0 Å². The van der Waals surface area contributed by atoms with Crippen molar-refractivity contribution in [2.75, 3.05) is 13.7 Å². The van der Waals surface area contributed by atoms with E-state index in [0.717, 1.165) is 16.9 Å². The van der Waals surface area contributed by atoms with E-state index in [4.69, 9.17) is 9.84 Å². The van der Waals surface area contributed by atoms with Crippen LogP contribution in [-0.2, 0) is 16.0 Å². The summed E-state index contributed by atoms with van der Waals surface area (Å²) >= 11 is 0. The van der Waals surface area contributed by atoms with Gasteiger partial charge in [0.1, 0.15) is 12.3 Å². The first-order valence-corrected chi connectivity index (χ1v) is 5.15. The number of amides is 1. The molecule has 0 fully saturated rings. The van der Waals surface area contributed by atoms with E-state index in [-0.39, 0.29) is 18.9 Å². The Morgan fingerprint density at radius 3 is 2.65 bits per heavy atom. The molecule has 1 amide bonds. The van der Waals surface area contributed by atoms with Crippen molar-refractivity contribution in [2.24, 2.45) is 0 Å². The van der Waals surface area contributed by atoms with Crippen LogP contribution in [0.1, 0.15) is 11.1 Å². The molecule has 0 atom stereocenters. The van der Waals surface area contributed by atoms with Crippen LogP contribution in [0.2, 0.25) is 0 Å². The molecule has 0 aliphatic heterocycles. The highest BCUT2D eigenvalue weighted by molar-refractivity contribution is 5.82. The average Bonchev–Trinajstić information content (AvgIpc) is 2.26. The van der Waals surface area contributed by atoms with E-state index < -0.39 is 5.97 Å². The number of benzene rings is 1. The summed E-state index contributed by atoms with van der Waals surface area (Å²) in [6.45, 7) is 1.53. The number of aliphatic carboxylic acids is 1. The first-order chi connectivity index (χ1) is 8.02. The predicted molar refractivity (Wildman–Crippen MR) is 62.1 cm³/mol. The molecule has 2 N–H and O–H groups in total. The molecule has 0 aliphatic rings. The molecule has 1 rings (SSSR count). The number of carboxylic acid groups (broad SMARTS) is 1. The van der Waals surface area contributed by atoms with Gasteiger partial charge in [-0.2, -0.15) is 0 Å². The lowest BCUT2D eigenvalue weighted by Gasteiger charge is -2.07. The van der Waals surface area contributed by atoms with Gasteiger partial charge in [0.25, 0.3) is 0 Å². The van der Waals surface area contributed by atoms with Gasteiger partial charge in [0.05, 0.1) is 13.5 Å². The number of methoxy groups -OCH3 is 1. The van der Waals surface area contributed by atoms with Crippen molar-refractivity contribution in [3.8, 4) is 5.75 Å². The number of carbonyl (C=O) groups excluding carboxylic acids is 1. The second kappa shape index (κ2) is 5.89. The monoisotopic (exact) mass is 237 g/mol. The van der Waals surface area contributed by atoms with Crippen LogP contribution < -0.4 is 10.1 Å². The zero-order chi connectivity index (χ0) is 12.8. The van der Waals surface area contributed by atoms with Crippen molar-refractivity contribution in [1.29, 1.82) is 0 Å². The lowest BCUT2D eigenvalue weighted by molar-refractivity contribution is -0.137.